The molecule has 0 bridgehead atoms. The molecular weight excluding hydrogens is 188 g/mol. The fourth-order valence-corrected chi connectivity index (χ4v) is 1.80. The maximum absolute atomic E-state index is 12.0. The lowest BCUT2D eigenvalue weighted by Crippen LogP contribution is -2.28. The van der Waals surface area contributed by atoms with Crippen LogP contribution in [0.1, 0.15) is 10.4 Å². The Morgan fingerprint density at radius 3 is 3.07 bits per heavy atom. The molecule has 0 spiro atoms. The highest BCUT2D eigenvalue weighted by molar-refractivity contribution is 6.12. The van der Waals surface area contributed by atoms with Crippen LogP contribution in [0, 0.1) is 0 Å². The second-order valence-electron chi connectivity index (χ2n) is 3.47. The first-order chi connectivity index (χ1) is 7.36. The summed E-state index contributed by atoms with van der Waals surface area (Å²) in [6, 6.07) is 7.30. The lowest BCUT2D eigenvalue weighted by molar-refractivity contribution is 0.0980. The van der Waals surface area contributed by atoms with Crippen LogP contribution in [0.15, 0.2) is 53.8 Å². The maximum atomic E-state index is 12.0. The van der Waals surface area contributed by atoms with Gasteiger partial charge in [-0.05, 0) is 24.3 Å². The van der Waals surface area contributed by atoms with Gasteiger partial charge in [0.05, 0.1) is 11.1 Å². The molecule has 1 unspecified atom stereocenters. The lowest BCUT2D eigenvalue weighted by Gasteiger charge is -2.25. The van der Waals surface area contributed by atoms with Crippen LogP contribution >= 0.6 is 0 Å². The van der Waals surface area contributed by atoms with Gasteiger partial charge in [0.25, 0.3) is 0 Å². The Morgan fingerprint density at radius 2 is 2.13 bits per heavy atom. The topological polar surface area (TPSA) is 26.3 Å². The van der Waals surface area contributed by atoms with Crippen molar-refractivity contribution in [1.29, 1.82) is 0 Å². The number of allylic oxidation sites excluding steroid dienone is 1. The van der Waals surface area contributed by atoms with Crippen LogP contribution in [0.2, 0.25) is 0 Å². The highest BCUT2D eigenvalue weighted by Crippen LogP contribution is 2.31. The number of carbonyl (C=O) groups is 1. The van der Waals surface area contributed by atoms with E-state index in [2.05, 4.69) is 5.73 Å². The van der Waals surface area contributed by atoms with Gasteiger partial charge in [0.1, 0.15) is 5.75 Å². The zero-order valence-corrected chi connectivity index (χ0v) is 7.94. The highest BCUT2D eigenvalue weighted by atomic mass is 16.5. The first-order valence-electron chi connectivity index (χ1n) is 4.80. The predicted octanol–water partition coefficient (Wildman–Crippen LogP) is 2.28. The molecule has 2 nitrogen and oxygen atoms in total. The van der Waals surface area contributed by atoms with Crippen LogP contribution in [0.5, 0.6) is 5.75 Å². The average molecular weight is 196 g/mol. The van der Waals surface area contributed by atoms with Crippen molar-refractivity contribution in [3.63, 3.8) is 0 Å². The summed E-state index contributed by atoms with van der Waals surface area (Å²) in [5.41, 5.74) is 4.16. The van der Waals surface area contributed by atoms with Crippen molar-refractivity contribution < 1.29 is 9.53 Å². The summed E-state index contributed by atoms with van der Waals surface area (Å²) < 4.78 is 5.68. The van der Waals surface area contributed by atoms with E-state index < -0.39 is 0 Å². The van der Waals surface area contributed by atoms with Gasteiger partial charge < -0.3 is 4.74 Å². The molecule has 1 aromatic carbocycles. The first-order valence-corrected chi connectivity index (χ1v) is 4.80. The summed E-state index contributed by atoms with van der Waals surface area (Å²) in [5, 5.41) is 0. The highest BCUT2D eigenvalue weighted by Gasteiger charge is 2.30. The number of Topliss-reactive ketones (excluding diaryl/α,β-unsaturated/α-hetero) is 1. The summed E-state index contributed by atoms with van der Waals surface area (Å²) in [7, 11) is 0. The summed E-state index contributed by atoms with van der Waals surface area (Å²) in [6.45, 7) is 0. The molecule has 1 atom stereocenters. The van der Waals surface area contributed by atoms with Crippen molar-refractivity contribution in [2.45, 2.75) is 6.10 Å². The van der Waals surface area contributed by atoms with Crippen molar-refractivity contribution in [2.24, 2.45) is 0 Å². The third kappa shape index (κ3) is 1.16. The van der Waals surface area contributed by atoms with Gasteiger partial charge in [-0.25, -0.2) is 0 Å². The Morgan fingerprint density at radius 1 is 1.27 bits per heavy atom. The Bertz CT molecular complexity index is 531. The molecule has 0 N–H and O–H groups in total. The SMILES string of the molecule is O=C1C2=C=CC=CC2Oc2ccccc21. The van der Waals surface area contributed by atoms with Crippen molar-refractivity contribution >= 4 is 5.78 Å². The third-order valence-corrected chi connectivity index (χ3v) is 2.54. The largest absolute Gasteiger partial charge is 0.480 e. The molecule has 2 aliphatic rings. The number of hydrogen-bond donors (Lipinski definition) is 0. The summed E-state index contributed by atoms with van der Waals surface area (Å²) in [5.74, 6) is 0.673. The molecule has 1 aliphatic carbocycles. The average Bonchev–Trinajstić information content (AvgIpc) is 2.30. The Hall–Kier alpha value is -2.05. The van der Waals surface area contributed by atoms with Crippen LogP contribution in [-0.2, 0) is 0 Å². The number of hydrogen-bond acceptors (Lipinski definition) is 2. The molecule has 2 heteroatoms. The standard InChI is InChI=1S/C13H8O2/c14-13-9-5-1-3-7-11(9)15-12-8-4-2-6-10(12)13/h1-5,7-8,12H. The van der Waals surface area contributed by atoms with Gasteiger partial charge in [-0.15, -0.1) is 5.73 Å². The fraction of sp³-hybridized carbons (Fsp3) is 0.0769. The second kappa shape index (κ2) is 2.97. The Balaban J connectivity index is 2.21. The van der Waals surface area contributed by atoms with E-state index >= 15 is 0 Å². The van der Waals surface area contributed by atoms with Crippen molar-refractivity contribution in [3.05, 3.63) is 59.4 Å². The van der Waals surface area contributed by atoms with E-state index in [-0.39, 0.29) is 11.9 Å². The van der Waals surface area contributed by atoms with Gasteiger partial charge in [-0.2, -0.15) is 0 Å². The normalized spacial score (nSPS) is 21.5. The molecule has 0 aromatic heterocycles. The number of fused-ring (bicyclic) bond motifs is 2. The van der Waals surface area contributed by atoms with Gasteiger partial charge >= 0.3 is 0 Å². The number of para-hydroxylation sites is 1. The fourth-order valence-electron chi connectivity index (χ4n) is 1.80. The Labute approximate surface area is 87.2 Å². The van der Waals surface area contributed by atoms with Gasteiger partial charge in [0, 0.05) is 0 Å². The number of rotatable bonds is 0. The van der Waals surface area contributed by atoms with Crippen molar-refractivity contribution in [1.82, 2.24) is 0 Å². The van der Waals surface area contributed by atoms with Gasteiger partial charge in [-0.3, -0.25) is 4.79 Å². The molecule has 0 radical (unpaired) electrons. The summed E-state index contributed by atoms with van der Waals surface area (Å²) in [6.07, 6.45) is 5.17. The third-order valence-electron chi connectivity index (χ3n) is 2.54. The molecule has 15 heavy (non-hydrogen) atoms. The molecule has 1 aromatic rings. The van der Waals surface area contributed by atoms with Gasteiger partial charge in [0.15, 0.2) is 6.10 Å². The lowest BCUT2D eigenvalue weighted by atomic mass is 9.94. The number of benzene rings is 1. The quantitative estimate of drug-likeness (QED) is 0.595. The second-order valence-corrected chi connectivity index (χ2v) is 3.47. The van der Waals surface area contributed by atoms with Gasteiger partial charge in [0.2, 0.25) is 5.78 Å². The van der Waals surface area contributed by atoms with Crippen LogP contribution in [0.3, 0.4) is 0 Å². The molecule has 0 saturated heterocycles. The van der Waals surface area contributed by atoms with E-state index in [0.29, 0.717) is 16.9 Å². The molecule has 1 heterocycles. The van der Waals surface area contributed by atoms with E-state index in [0.717, 1.165) is 0 Å². The molecule has 72 valence electrons. The molecular formula is C13H8O2. The molecule has 1 aliphatic heterocycles. The minimum atomic E-state index is -0.266. The van der Waals surface area contributed by atoms with Crippen LogP contribution in [0.25, 0.3) is 0 Å². The molecule has 0 amide bonds. The van der Waals surface area contributed by atoms with Crippen molar-refractivity contribution in [2.75, 3.05) is 0 Å². The van der Waals surface area contributed by atoms with E-state index in [4.69, 9.17) is 4.74 Å². The molecule has 0 fully saturated rings. The maximum Gasteiger partial charge on any atom is 0.204 e. The number of ketones is 1. The van der Waals surface area contributed by atoms with Crippen LogP contribution < -0.4 is 4.74 Å². The zero-order chi connectivity index (χ0) is 10.3. The van der Waals surface area contributed by atoms with E-state index in [1.807, 2.05) is 30.4 Å². The predicted molar refractivity (Wildman–Crippen MR) is 55.9 cm³/mol. The van der Waals surface area contributed by atoms with Crippen LogP contribution in [0.4, 0.5) is 0 Å². The smallest absolute Gasteiger partial charge is 0.204 e. The van der Waals surface area contributed by atoms with Crippen molar-refractivity contribution in [3.8, 4) is 5.75 Å². The van der Waals surface area contributed by atoms with Crippen LogP contribution in [-0.4, -0.2) is 11.9 Å². The van der Waals surface area contributed by atoms with E-state index in [9.17, 15) is 4.79 Å². The van der Waals surface area contributed by atoms with E-state index in [1.54, 1.807) is 12.1 Å². The summed E-state index contributed by atoms with van der Waals surface area (Å²) in [4.78, 5) is 12.0. The Kier molecular flexibility index (Phi) is 1.64. The zero-order valence-electron chi connectivity index (χ0n) is 7.94. The monoisotopic (exact) mass is 196 g/mol. The minimum absolute atomic E-state index is 0.0162. The number of ether oxygens (including phenoxy) is 1. The first kappa shape index (κ1) is 8.27. The van der Waals surface area contributed by atoms with Gasteiger partial charge in [-0.1, -0.05) is 18.2 Å². The molecule has 0 saturated carbocycles. The molecule has 3 rings (SSSR count). The van der Waals surface area contributed by atoms with E-state index in [1.165, 1.54) is 0 Å². The minimum Gasteiger partial charge on any atom is -0.480 e. The summed E-state index contributed by atoms with van der Waals surface area (Å²) >= 11 is 0. The number of carbonyl (C=O) groups excluding carboxylic acids is 1.